The molecule has 0 saturated carbocycles. The van der Waals surface area contributed by atoms with Crippen LogP contribution in [-0.4, -0.2) is 59.5 Å². The number of β-amino-alcohol motifs (C(OH)–C–C–N with tert-alkyl or cyclic N) is 1. The van der Waals surface area contributed by atoms with Crippen LogP contribution in [0.25, 0.3) is 11.4 Å². The number of piperazine rings is 1. The third kappa shape index (κ3) is 3.52. The average Bonchev–Trinajstić information content (AvgIpc) is 2.97. The molecule has 0 spiro atoms. The molecule has 0 aliphatic carbocycles. The van der Waals surface area contributed by atoms with Gasteiger partial charge in [0.15, 0.2) is 0 Å². The highest BCUT2D eigenvalue weighted by atomic mass is 35.5. The van der Waals surface area contributed by atoms with E-state index in [4.69, 9.17) is 32.8 Å². The van der Waals surface area contributed by atoms with E-state index in [2.05, 4.69) is 15.0 Å². The Morgan fingerprint density at radius 3 is 2.41 bits per heavy atom. The summed E-state index contributed by atoms with van der Waals surface area (Å²) in [5.74, 6) is 0.470. The summed E-state index contributed by atoms with van der Waals surface area (Å²) in [6.45, 7) is 4.18. The number of aliphatic hydroxyl groups is 1. The molecule has 118 valence electrons. The molecular formula is C14H16Cl2N4O2. The van der Waals surface area contributed by atoms with Crippen molar-refractivity contribution in [2.75, 3.05) is 44.2 Å². The third-order valence-corrected chi connectivity index (χ3v) is 4.03. The number of aromatic nitrogens is 2. The van der Waals surface area contributed by atoms with Crippen molar-refractivity contribution in [2.24, 2.45) is 0 Å². The van der Waals surface area contributed by atoms with E-state index >= 15 is 0 Å². The highest BCUT2D eigenvalue weighted by molar-refractivity contribution is 6.35. The number of halogens is 2. The second-order valence-corrected chi connectivity index (χ2v) is 5.98. The lowest BCUT2D eigenvalue weighted by Crippen LogP contribution is -2.47. The summed E-state index contributed by atoms with van der Waals surface area (Å²) in [5, 5.41) is 14.0. The maximum Gasteiger partial charge on any atom is 0.324 e. The quantitative estimate of drug-likeness (QED) is 0.918. The first-order chi connectivity index (χ1) is 10.7. The van der Waals surface area contributed by atoms with E-state index in [1.807, 2.05) is 4.90 Å². The Bertz CT molecular complexity index is 621. The minimum absolute atomic E-state index is 0.181. The van der Waals surface area contributed by atoms with E-state index in [1.54, 1.807) is 18.2 Å². The van der Waals surface area contributed by atoms with E-state index < -0.39 is 0 Å². The number of nitrogens with zero attached hydrogens (tertiary/aromatic N) is 4. The van der Waals surface area contributed by atoms with Gasteiger partial charge >= 0.3 is 6.01 Å². The van der Waals surface area contributed by atoms with Crippen molar-refractivity contribution in [2.45, 2.75) is 0 Å². The van der Waals surface area contributed by atoms with Gasteiger partial charge < -0.3 is 14.5 Å². The number of hydrogen-bond acceptors (Lipinski definition) is 6. The second kappa shape index (κ2) is 6.83. The molecule has 2 aromatic rings. The largest absolute Gasteiger partial charge is 0.395 e. The fourth-order valence-corrected chi connectivity index (χ4v) is 2.97. The Kier molecular flexibility index (Phi) is 4.83. The maximum atomic E-state index is 8.96. The van der Waals surface area contributed by atoms with Crippen LogP contribution in [0, 0.1) is 0 Å². The zero-order chi connectivity index (χ0) is 15.5. The lowest BCUT2D eigenvalue weighted by atomic mass is 10.2. The van der Waals surface area contributed by atoms with Gasteiger partial charge in [-0.25, -0.2) is 0 Å². The van der Waals surface area contributed by atoms with Gasteiger partial charge in [-0.05, 0) is 18.2 Å². The second-order valence-electron chi connectivity index (χ2n) is 5.11. The molecule has 1 aliphatic rings. The summed E-state index contributed by atoms with van der Waals surface area (Å²) in [6, 6.07) is 5.66. The van der Waals surface area contributed by atoms with E-state index in [9.17, 15) is 0 Å². The van der Waals surface area contributed by atoms with Gasteiger partial charge in [-0.15, -0.1) is 0 Å². The molecule has 22 heavy (non-hydrogen) atoms. The van der Waals surface area contributed by atoms with Gasteiger partial charge in [0.2, 0.25) is 5.82 Å². The molecule has 1 aliphatic heterocycles. The van der Waals surface area contributed by atoms with Crippen LogP contribution in [0.15, 0.2) is 22.7 Å². The van der Waals surface area contributed by atoms with Crippen LogP contribution in [0.1, 0.15) is 0 Å². The minimum Gasteiger partial charge on any atom is -0.395 e. The van der Waals surface area contributed by atoms with Gasteiger partial charge in [-0.1, -0.05) is 28.4 Å². The van der Waals surface area contributed by atoms with Gasteiger partial charge in [0, 0.05) is 48.3 Å². The average molecular weight is 343 g/mol. The van der Waals surface area contributed by atoms with Crippen LogP contribution in [0.3, 0.4) is 0 Å². The van der Waals surface area contributed by atoms with Crippen molar-refractivity contribution in [3.8, 4) is 11.4 Å². The molecule has 1 N–H and O–H groups in total. The van der Waals surface area contributed by atoms with Gasteiger partial charge in [0.1, 0.15) is 0 Å². The molecule has 1 saturated heterocycles. The first-order valence-electron chi connectivity index (χ1n) is 7.04. The Hall–Kier alpha value is -1.34. The predicted octanol–water partition coefficient (Wildman–Crippen LogP) is 2.16. The Morgan fingerprint density at radius 2 is 1.77 bits per heavy atom. The lowest BCUT2D eigenvalue weighted by Gasteiger charge is -2.32. The summed E-state index contributed by atoms with van der Waals surface area (Å²) in [7, 11) is 0. The Balaban J connectivity index is 1.71. The summed E-state index contributed by atoms with van der Waals surface area (Å²) in [6.07, 6.45) is 0. The normalized spacial score (nSPS) is 16.2. The van der Waals surface area contributed by atoms with Crippen molar-refractivity contribution in [1.82, 2.24) is 15.0 Å². The van der Waals surface area contributed by atoms with Gasteiger partial charge in [-0.2, -0.15) is 4.98 Å². The molecule has 0 unspecified atom stereocenters. The zero-order valence-electron chi connectivity index (χ0n) is 11.9. The summed E-state index contributed by atoms with van der Waals surface area (Å²) in [5.41, 5.74) is 0.728. The number of benzene rings is 1. The monoisotopic (exact) mass is 342 g/mol. The zero-order valence-corrected chi connectivity index (χ0v) is 13.4. The van der Waals surface area contributed by atoms with Crippen molar-refractivity contribution >= 4 is 29.2 Å². The van der Waals surface area contributed by atoms with Crippen LogP contribution >= 0.6 is 23.2 Å². The topological polar surface area (TPSA) is 65.6 Å². The van der Waals surface area contributed by atoms with Crippen LogP contribution in [-0.2, 0) is 0 Å². The summed E-state index contributed by atoms with van der Waals surface area (Å²) >= 11 is 12.0. The number of rotatable bonds is 4. The number of aliphatic hydroxyl groups excluding tert-OH is 1. The Morgan fingerprint density at radius 1 is 1.09 bits per heavy atom. The molecule has 8 heteroatoms. The van der Waals surface area contributed by atoms with E-state index in [-0.39, 0.29) is 6.61 Å². The molecule has 0 atom stereocenters. The van der Waals surface area contributed by atoms with Crippen molar-refractivity contribution in [3.63, 3.8) is 0 Å². The molecule has 1 aromatic heterocycles. The smallest absolute Gasteiger partial charge is 0.324 e. The molecule has 1 aromatic carbocycles. The molecule has 2 heterocycles. The van der Waals surface area contributed by atoms with Crippen LogP contribution in [0.5, 0.6) is 0 Å². The molecule has 1 fully saturated rings. The van der Waals surface area contributed by atoms with E-state index in [1.165, 1.54) is 0 Å². The molecule has 6 nitrogen and oxygen atoms in total. The van der Waals surface area contributed by atoms with Crippen molar-refractivity contribution in [1.29, 1.82) is 0 Å². The first-order valence-corrected chi connectivity index (χ1v) is 7.79. The SMILES string of the molecule is OCCN1CCN(c2nc(-c3cc(Cl)cc(Cl)c3)no2)CC1. The lowest BCUT2D eigenvalue weighted by molar-refractivity contribution is 0.186. The van der Waals surface area contributed by atoms with Crippen LogP contribution in [0.4, 0.5) is 6.01 Å². The molecular weight excluding hydrogens is 327 g/mol. The van der Waals surface area contributed by atoms with Crippen LogP contribution in [0.2, 0.25) is 10.0 Å². The molecule has 3 rings (SSSR count). The molecule has 0 bridgehead atoms. The minimum atomic E-state index is 0.181. The predicted molar refractivity (Wildman–Crippen MR) is 85.5 cm³/mol. The first kappa shape index (κ1) is 15.6. The Labute approximate surface area is 138 Å². The molecule has 0 radical (unpaired) electrons. The van der Waals surface area contributed by atoms with Crippen molar-refractivity contribution < 1.29 is 9.63 Å². The van der Waals surface area contributed by atoms with E-state index in [0.717, 1.165) is 31.7 Å². The summed E-state index contributed by atoms with van der Waals surface area (Å²) in [4.78, 5) is 8.66. The standard InChI is InChI=1S/C14H16Cl2N4O2/c15-11-7-10(8-12(16)9-11)13-17-14(22-18-13)20-3-1-19(2-4-20)5-6-21/h7-9,21H,1-6H2. The highest BCUT2D eigenvalue weighted by Gasteiger charge is 2.21. The van der Waals surface area contributed by atoms with Gasteiger partial charge in [0.25, 0.3) is 0 Å². The molecule has 0 amide bonds. The van der Waals surface area contributed by atoms with Gasteiger partial charge in [-0.3, -0.25) is 4.90 Å². The fourth-order valence-electron chi connectivity index (χ4n) is 2.45. The summed E-state index contributed by atoms with van der Waals surface area (Å²) < 4.78 is 5.34. The third-order valence-electron chi connectivity index (χ3n) is 3.60. The fraction of sp³-hybridized carbons (Fsp3) is 0.429. The highest BCUT2D eigenvalue weighted by Crippen LogP contribution is 2.27. The van der Waals surface area contributed by atoms with E-state index in [0.29, 0.717) is 28.4 Å². The van der Waals surface area contributed by atoms with Crippen molar-refractivity contribution in [3.05, 3.63) is 28.2 Å². The van der Waals surface area contributed by atoms with Crippen LogP contribution < -0.4 is 4.90 Å². The number of hydrogen-bond donors (Lipinski definition) is 1. The van der Waals surface area contributed by atoms with Gasteiger partial charge in [0.05, 0.1) is 6.61 Å². The number of anilines is 1. The maximum absolute atomic E-state index is 8.96.